The molecule has 0 saturated carbocycles. The summed E-state index contributed by atoms with van der Waals surface area (Å²) in [5.41, 5.74) is -3.37. The van der Waals surface area contributed by atoms with Crippen molar-refractivity contribution in [3.8, 4) is 22.4 Å². The fourth-order valence-electron chi connectivity index (χ4n) is 10.8. The molecule has 0 amide bonds. The number of thioether (sulfide) groups is 1. The van der Waals surface area contributed by atoms with Crippen molar-refractivity contribution in [2.24, 2.45) is 5.41 Å². The van der Waals surface area contributed by atoms with Gasteiger partial charge in [-0.15, -0.1) is 11.8 Å². The van der Waals surface area contributed by atoms with Crippen LogP contribution in [0.3, 0.4) is 0 Å². The van der Waals surface area contributed by atoms with Gasteiger partial charge in [0.05, 0.1) is 32.7 Å². The Kier molecular flexibility index (Phi) is 20.0. The van der Waals surface area contributed by atoms with Crippen LogP contribution < -0.4 is 19.8 Å². The molecule has 0 spiro atoms. The standard InChI is InChI=1S/C58H68ClF4N6O11PS4/c1-38(2)69-40(4)55(83(6,74)75)53(54(69)41-12-14-43(59)15-13-41)42-32-44(60)34-48(33-42)68-30-28-67(29-31-68)47-18-16-45(17-19-47)65-85(78,79)50-20-21-51(52(35-50)84(76,77)58(61,62)63)64-46(37-82-49-10-8-7-9-11-49)22-25-66-26-23-57(5,24-27-66)56(70)80-39(3)36-81(71,72)73/h7-21,32-35,38-39,46,64-65H,22-31,36-37H2,1-6H3,(H2,71,72,73)/t39?,46-/m1/s1. The molecule has 2 saturated heterocycles. The van der Waals surface area contributed by atoms with Crippen LogP contribution in [0.2, 0.25) is 5.02 Å². The Balaban J connectivity index is 0.963. The number of halogens is 5. The highest BCUT2D eigenvalue weighted by Gasteiger charge is 2.49. The molecule has 17 nitrogen and oxygen atoms in total. The lowest BCUT2D eigenvalue weighted by atomic mass is 9.80. The smallest absolute Gasteiger partial charge is 0.462 e. The summed E-state index contributed by atoms with van der Waals surface area (Å²) in [6, 6.07) is 28.6. The summed E-state index contributed by atoms with van der Waals surface area (Å²) in [6.07, 6.45) is 0.475. The summed E-state index contributed by atoms with van der Waals surface area (Å²) in [6.45, 7) is 11.6. The Labute approximate surface area is 503 Å². The number of sulfonamides is 1. The predicted molar refractivity (Wildman–Crippen MR) is 325 cm³/mol. The number of carbonyl (C=O) groups excluding carboxylic acids is 1. The van der Waals surface area contributed by atoms with Crippen LogP contribution in [-0.4, -0.2) is 132 Å². The molecule has 6 aromatic rings. The third-order valence-corrected chi connectivity index (χ3v) is 21.7. The van der Waals surface area contributed by atoms with Gasteiger partial charge in [0.15, 0.2) is 9.84 Å². The second kappa shape index (κ2) is 26.0. The molecule has 460 valence electrons. The van der Waals surface area contributed by atoms with Crippen molar-refractivity contribution >= 4 is 89.4 Å². The van der Waals surface area contributed by atoms with E-state index in [0.717, 1.165) is 23.3 Å². The van der Waals surface area contributed by atoms with Gasteiger partial charge >= 0.3 is 19.1 Å². The first-order valence-corrected chi connectivity index (χ1v) is 35.3. The zero-order valence-corrected chi connectivity index (χ0v) is 52.4. The first-order valence-electron chi connectivity index (χ1n) is 27.3. The molecule has 85 heavy (non-hydrogen) atoms. The zero-order valence-electron chi connectivity index (χ0n) is 47.5. The number of carbonyl (C=O) groups is 1. The van der Waals surface area contributed by atoms with E-state index < -0.39 is 93.8 Å². The number of alkyl halides is 3. The van der Waals surface area contributed by atoms with Gasteiger partial charge < -0.3 is 39.1 Å². The summed E-state index contributed by atoms with van der Waals surface area (Å²) in [4.78, 5) is 36.7. The molecule has 3 heterocycles. The van der Waals surface area contributed by atoms with E-state index in [1.807, 2.05) is 63.4 Å². The minimum Gasteiger partial charge on any atom is -0.462 e. The SMILES string of the molecule is Cc1c(S(C)(=O)=O)c(-c2cc(F)cc(N3CCN(c4ccc(NS(=O)(=O)c5ccc(N[C@H](CCN6CCC(C)(C(=O)OC(C)CP(=O)(O)O)CC6)CSc6ccccc6)c(S(=O)(=O)C(F)(F)F)c5)cc4)CC3)c2)c(-c2ccc(Cl)cc2)n1C(C)C. The van der Waals surface area contributed by atoms with Crippen LogP contribution in [0.1, 0.15) is 58.7 Å². The van der Waals surface area contributed by atoms with Crippen LogP contribution in [0, 0.1) is 18.2 Å². The highest BCUT2D eigenvalue weighted by atomic mass is 35.5. The lowest BCUT2D eigenvalue weighted by molar-refractivity contribution is -0.161. The minimum absolute atomic E-state index is 0.0347. The number of hydrogen-bond acceptors (Lipinski definition) is 14. The van der Waals surface area contributed by atoms with E-state index in [1.165, 1.54) is 43.0 Å². The first-order chi connectivity index (χ1) is 39.7. The molecule has 2 atom stereocenters. The Morgan fingerprint density at radius 2 is 1.42 bits per heavy atom. The number of nitrogens with zero attached hydrogens (tertiary/aromatic N) is 4. The topological polar surface area (TPSA) is 225 Å². The van der Waals surface area contributed by atoms with Crippen molar-refractivity contribution in [2.45, 2.75) is 97.2 Å². The van der Waals surface area contributed by atoms with Gasteiger partial charge in [0.25, 0.3) is 19.9 Å². The number of piperazine rings is 1. The number of esters is 1. The molecule has 8 rings (SSSR count). The van der Waals surface area contributed by atoms with Crippen molar-refractivity contribution in [1.82, 2.24) is 9.47 Å². The fourth-order valence-corrected chi connectivity index (χ4v) is 16.0. The second-order valence-electron chi connectivity index (χ2n) is 22.0. The molecule has 1 aromatic heterocycles. The summed E-state index contributed by atoms with van der Waals surface area (Å²) in [5, 5.41) is 3.49. The molecule has 0 bridgehead atoms. The van der Waals surface area contributed by atoms with Crippen molar-refractivity contribution in [3.63, 3.8) is 0 Å². The Morgan fingerprint density at radius 1 is 0.812 bits per heavy atom. The maximum Gasteiger partial charge on any atom is 0.501 e. The molecule has 4 N–H and O–H groups in total. The van der Waals surface area contributed by atoms with Gasteiger partial charge in [-0.1, -0.05) is 41.9 Å². The first kappa shape index (κ1) is 65.3. The number of anilines is 4. The van der Waals surface area contributed by atoms with Crippen molar-refractivity contribution in [2.75, 3.05) is 83.8 Å². The maximum absolute atomic E-state index is 15.8. The van der Waals surface area contributed by atoms with E-state index in [0.29, 0.717) is 109 Å². The summed E-state index contributed by atoms with van der Waals surface area (Å²) >= 11 is 7.63. The molecule has 27 heteroatoms. The van der Waals surface area contributed by atoms with Gasteiger partial charge in [-0.3, -0.25) is 14.1 Å². The molecule has 5 aromatic carbocycles. The van der Waals surface area contributed by atoms with Crippen LogP contribution >= 0.6 is 31.0 Å². The van der Waals surface area contributed by atoms with E-state index >= 15 is 4.39 Å². The molecule has 0 aliphatic carbocycles. The molecule has 1 unspecified atom stereocenters. The van der Waals surface area contributed by atoms with E-state index in [-0.39, 0.29) is 28.8 Å². The van der Waals surface area contributed by atoms with Crippen molar-refractivity contribution in [1.29, 1.82) is 0 Å². The average molecular weight is 1300 g/mol. The van der Waals surface area contributed by atoms with Gasteiger partial charge in [0.1, 0.15) is 16.8 Å². The van der Waals surface area contributed by atoms with E-state index in [4.69, 9.17) is 16.3 Å². The number of piperidine rings is 1. The number of likely N-dealkylation sites (tertiary alicyclic amines) is 1. The van der Waals surface area contributed by atoms with Crippen molar-refractivity contribution < 1.29 is 66.7 Å². The summed E-state index contributed by atoms with van der Waals surface area (Å²) in [7, 11) is -19.1. The highest BCUT2D eigenvalue weighted by molar-refractivity contribution is 7.99. The third-order valence-electron chi connectivity index (χ3n) is 15.2. The van der Waals surface area contributed by atoms with Crippen LogP contribution in [0.25, 0.3) is 22.4 Å². The largest absolute Gasteiger partial charge is 0.501 e. The predicted octanol–water partition coefficient (Wildman–Crippen LogP) is 11.5. The summed E-state index contributed by atoms with van der Waals surface area (Å²) in [5.74, 6) is -0.897. The van der Waals surface area contributed by atoms with Gasteiger partial charge in [-0.2, -0.15) is 13.2 Å². The van der Waals surface area contributed by atoms with E-state index in [1.54, 1.807) is 56.3 Å². The van der Waals surface area contributed by atoms with Crippen LogP contribution in [0.4, 0.5) is 40.3 Å². The number of hydrogen-bond donors (Lipinski definition) is 4. The molecular formula is C58H68ClF4N6O11PS4. The van der Waals surface area contributed by atoms with Crippen LogP contribution in [0.15, 0.2) is 135 Å². The molecule has 2 fully saturated rings. The molecule has 0 radical (unpaired) electrons. The van der Waals surface area contributed by atoms with E-state index in [2.05, 4.69) is 10.0 Å². The molecule has 2 aliphatic rings. The molecular weight excluding hydrogens is 1230 g/mol. The Hall–Kier alpha value is -5.63. The van der Waals surface area contributed by atoms with Gasteiger partial charge in [0, 0.05) is 95.1 Å². The zero-order chi connectivity index (χ0) is 62.0. The van der Waals surface area contributed by atoms with Gasteiger partial charge in [-0.25, -0.2) is 29.6 Å². The van der Waals surface area contributed by atoms with Gasteiger partial charge in [0.2, 0.25) is 0 Å². The second-order valence-corrected chi connectivity index (χ2v) is 30.8. The lowest BCUT2D eigenvalue weighted by Crippen LogP contribution is -2.46. The number of ether oxygens (including phenoxy) is 1. The lowest BCUT2D eigenvalue weighted by Gasteiger charge is -2.38. The summed E-state index contributed by atoms with van der Waals surface area (Å²) < 4.78 is 162. The normalized spacial score (nSPS) is 16.3. The highest BCUT2D eigenvalue weighted by Crippen LogP contribution is 2.46. The van der Waals surface area contributed by atoms with Crippen LogP contribution in [0.5, 0.6) is 0 Å². The monoisotopic (exact) mass is 1290 g/mol. The van der Waals surface area contributed by atoms with Crippen molar-refractivity contribution in [3.05, 3.63) is 132 Å². The Morgan fingerprint density at radius 3 is 2.00 bits per heavy atom. The van der Waals surface area contributed by atoms with Gasteiger partial charge in [-0.05, 0) is 163 Å². The number of benzene rings is 5. The fraction of sp³-hybridized carbons (Fsp3) is 0.397. The number of aromatic nitrogens is 1. The minimum atomic E-state index is -6.15. The Bertz CT molecular complexity index is 3790. The maximum atomic E-state index is 15.8. The quantitative estimate of drug-likeness (QED) is 0.0215. The van der Waals surface area contributed by atoms with Crippen LogP contribution in [-0.2, 0) is 43.8 Å². The average Bonchev–Trinajstić information content (AvgIpc) is 2.36. The van der Waals surface area contributed by atoms with E-state index in [9.17, 15) is 57.6 Å². The third kappa shape index (κ3) is 15.7. The number of sulfone groups is 2. The number of rotatable bonds is 22. The molecule has 2 aliphatic heterocycles. The number of nitrogens with one attached hydrogen (secondary N) is 2.